The van der Waals surface area contributed by atoms with Gasteiger partial charge in [-0.25, -0.2) is 13.2 Å². The Balaban J connectivity index is 0.000000194. The van der Waals surface area contributed by atoms with Crippen molar-refractivity contribution in [3.63, 3.8) is 0 Å². The number of nitrogens with two attached hydrogens (primary N) is 1. The van der Waals surface area contributed by atoms with E-state index in [1.807, 2.05) is 13.8 Å². The van der Waals surface area contributed by atoms with Crippen molar-refractivity contribution in [3.8, 4) is 0 Å². The summed E-state index contributed by atoms with van der Waals surface area (Å²) < 4.78 is 36.3. The van der Waals surface area contributed by atoms with E-state index in [4.69, 9.17) is 5.73 Å². The quantitative estimate of drug-likeness (QED) is 0.181. The van der Waals surface area contributed by atoms with Crippen LogP contribution in [0.4, 0.5) is 4.79 Å². The van der Waals surface area contributed by atoms with Crippen LogP contribution in [0.15, 0.2) is 115 Å². The maximum absolute atomic E-state index is 12.0. The van der Waals surface area contributed by atoms with Crippen LogP contribution in [-0.4, -0.2) is 53.5 Å². The third-order valence-electron chi connectivity index (χ3n) is 7.15. The lowest BCUT2D eigenvalue weighted by atomic mass is 9.91. The smallest absolute Gasteiger partial charge is 0.346 e. The fourth-order valence-corrected chi connectivity index (χ4v) is 9.52. The van der Waals surface area contributed by atoms with Crippen LogP contribution >= 0.6 is 7.26 Å². The van der Waals surface area contributed by atoms with Gasteiger partial charge in [0.25, 0.3) is 0 Å². The molecule has 3 amide bonds. The molecule has 2 aliphatic rings. The fraction of sp³-hybridized carbons (Fsp3) is 0.226. The van der Waals surface area contributed by atoms with Crippen LogP contribution in [0.1, 0.15) is 20.8 Å². The number of amides is 3. The maximum atomic E-state index is 12.0. The molecule has 2 bridgehead atoms. The molecular weight excluding hydrogens is 573 g/mol. The molecule has 0 unspecified atom stereocenters. The Labute approximate surface area is 247 Å². The van der Waals surface area contributed by atoms with Crippen LogP contribution in [0.25, 0.3) is 0 Å². The van der Waals surface area contributed by atoms with E-state index in [2.05, 4.69) is 114 Å². The molecule has 1 saturated heterocycles. The van der Waals surface area contributed by atoms with E-state index in [1.54, 1.807) is 0 Å². The molecule has 5 rings (SSSR count). The second-order valence-electron chi connectivity index (χ2n) is 10.1. The van der Waals surface area contributed by atoms with Crippen molar-refractivity contribution in [3.05, 3.63) is 115 Å². The molecule has 220 valence electrons. The first kappa shape index (κ1) is 31.1. The Bertz CT molecular complexity index is 1470. The van der Waals surface area contributed by atoms with E-state index in [-0.39, 0.29) is 12.5 Å². The van der Waals surface area contributed by atoms with Crippen LogP contribution in [0.5, 0.6) is 0 Å². The highest BCUT2D eigenvalue weighted by Crippen LogP contribution is 2.56. The van der Waals surface area contributed by atoms with Crippen molar-refractivity contribution in [1.82, 2.24) is 9.96 Å². The van der Waals surface area contributed by atoms with E-state index in [9.17, 15) is 22.6 Å². The molecule has 2 N–H and O–H groups in total. The van der Waals surface area contributed by atoms with Crippen molar-refractivity contribution in [2.75, 3.05) is 6.54 Å². The summed E-state index contributed by atoms with van der Waals surface area (Å²) in [6, 6.07) is 30.1. The fourth-order valence-electron chi connectivity index (χ4n) is 5.37. The first-order valence-corrected chi connectivity index (χ1v) is 16.6. The summed E-state index contributed by atoms with van der Waals surface area (Å²) >= 11 is 0. The van der Waals surface area contributed by atoms with Crippen LogP contribution in [0.2, 0.25) is 0 Å². The van der Waals surface area contributed by atoms with Gasteiger partial charge in [-0.2, -0.15) is 9.35 Å². The van der Waals surface area contributed by atoms with Gasteiger partial charge in [-0.15, -0.1) is 0 Å². The van der Waals surface area contributed by atoms with E-state index in [0.29, 0.717) is 10.6 Å². The SMILES string of the molecule is C/C=C/[P+](c1ccccc1)(c1ccccc1)c1ccccc1.CC(C)C1=C[C@@H](C(N)=O)N2C[C@@H]1N(OS(=O)(=O)[O-])C2=O. The average Bonchev–Trinajstić information content (AvgIpc) is 3.22. The summed E-state index contributed by atoms with van der Waals surface area (Å²) in [5.41, 5.74) is 5.86. The highest BCUT2D eigenvalue weighted by Gasteiger charge is 2.49. The van der Waals surface area contributed by atoms with E-state index >= 15 is 0 Å². The highest BCUT2D eigenvalue weighted by atomic mass is 32.3. The van der Waals surface area contributed by atoms with Gasteiger partial charge >= 0.3 is 6.03 Å². The summed E-state index contributed by atoms with van der Waals surface area (Å²) in [5.74, 6) is 1.60. The second kappa shape index (κ2) is 13.0. The van der Waals surface area contributed by atoms with Gasteiger partial charge in [0.2, 0.25) is 16.3 Å². The minimum absolute atomic E-state index is 0.0476. The van der Waals surface area contributed by atoms with Crippen molar-refractivity contribution in [2.24, 2.45) is 11.7 Å². The number of hydroxylamine groups is 2. The Hall–Kier alpha value is -3.82. The molecular formula is C31H34N3O6PS. The maximum Gasteiger partial charge on any atom is 0.346 e. The summed E-state index contributed by atoms with van der Waals surface area (Å²) in [5, 5.41) is 4.68. The molecule has 0 saturated carbocycles. The predicted molar refractivity (Wildman–Crippen MR) is 164 cm³/mol. The molecule has 0 spiro atoms. The van der Waals surface area contributed by atoms with Gasteiger partial charge in [0.05, 0.1) is 12.4 Å². The standard InChI is InChI=1S/C21H20P.C10H15N3O6S/c1-2-18-22(19-12-6-3-7-13-19,20-14-8-4-9-15-20)21-16-10-5-11-17-21;1-5(2)6-3-7(9(11)14)12-4-8(6)13(10(12)15)19-20(16,17)18/h2-18H,1H3;3,5,7-8H,4H2,1-2H3,(H2,11,14)(H,16,17,18)/q+1;/p-1/b18-2+;/t;7-,8-/m.0/s1. The number of allylic oxidation sites excluding steroid dienone is 1. The average molecular weight is 608 g/mol. The minimum Gasteiger partial charge on any atom is -0.724 e. The monoisotopic (exact) mass is 607 g/mol. The summed E-state index contributed by atoms with van der Waals surface area (Å²) in [4.78, 5) is 24.5. The number of fused-ring (bicyclic) bond motifs is 2. The lowest BCUT2D eigenvalue weighted by Gasteiger charge is -2.29. The Morgan fingerprint density at radius 1 is 0.952 bits per heavy atom. The number of urea groups is 1. The van der Waals surface area contributed by atoms with Crippen molar-refractivity contribution >= 4 is 45.5 Å². The number of carbonyl (C=O) groups excluding carboxylic acids is 2. The lowest BCUT2D eigenvalue weighted by Crippen LogP contribution is -2.47. The molecule has 11 heteroatoms. The molecule has 1 fully saturated rings. The van der Waals surface area contributed by atoms with Crippen LogP contribution in [-0.2, 0) is 19.5 Å². The molecule has 2 atom stereocenters. The van der Waals surface area contributed by atoms with Crippen LogP contribution in [0, 0.1) is 5.92 Å². The molecule has 9 nitrogen and oxygen atoms in total. The third kappa shape index (κ3) is 6.47. The van der Waals surface area contributed by atoms with Gasteiger partial charge in [-0.3, -0.25) is 4.79 Å². The van der Waals surface area contributed by atoms with Gasteiger partial charge < -0.3 is 15.2 Å². The van der Waals surface area contributed by atoms with Crippen LogP contribution in [0.3, 0.4) is 0 Å². The van der Waals surface area contributed by atoms with E-state index in [0.717, 1.165) is 4.90 Å². The molecule has 42 heavy (non-hydrogen) atoms. The molecule has 2 aliphatic heterocycles. The van der Waals surface area contributed by atoms with E-state index < -0.39 is 41.7 Å². The zero-order valence-corrected chi connectivity index (χ0v) is 25.3. The second-order valence-corrected chi connectivity index (χ2v) is 14.4. The normalized spacial score (nSPS) is 18.6. The number of rotatable bonds is 8. The number of carbonyl (C=O) groups is 2. The number of hydrogen-bond donors (Lipinski definition) is 1. The zero-order valence-electron chi connectivity index (χ0n) is 23.6. The van der Waals surface area contributed by atoms with Gasteiger partial charge in [-0.1, -0.05) is 80.6 Å². The highest BCUT2D eigenvalue weighted by molar-refractivity contribution is 7.98. The van der Waals surface area contributed by atoms with Crippen LogP contribution < -0.4 is 21.6 Å². The number of hydrogen-bond acceptors (Lipinski definition) is 6. The summed E-state index contributed by atoms with van der Waals surface area (Å²) in [6.07, 6.45) is 3.71. The van der Waals surface area contributed by atoms with Gasteiger partial charge in [0.15, 0.2) is 0 Å². The molecule has 0 aromatic heterocycles. The number of benzene rings is 3. The third-order valence-corrected chi connectivity index (χ3v) is 11.6. The number of nitrogens with zero attached hydrogens (tertiary/aromatic N) is 2. The van der Waals surface area contributed by atoms with Crippen molar-refractivity contribution in [1.29, 1.82) is 0 Å². The van der Waals surface area contributed by atoms with Crippen molar-refractivity contribution in [2.45, 2.75) is 32.9 Å². The van der Waals surface area contributed by atoms with Crippen molar-refractivity contribution < 1.29 is 26.8 Å². The van der Waals surface area contributed by atoms with Gasteiger partial charge in [0.1, 0.15) is 35.3 Å². The topological polar surface area (TPSA) is 133 Å². The zero-order chi connectivity index (χ0) is 30.5. The predicted octanol–water partition coefficient (Wildman–Crippen LogP) is 3.45. The molecule has 0 aliphatic carbocycles. The number of primary amides is 1. The largest absolute Gasteiger partial charge is 0.724 e. The molecule has 0 radical (unpaired) electrons. The first-order chi connectivity index (χ1) is 20.0. The Morgan fingerprint density at radius 2 is 1.40 bits per heavy atom. The minimum atomic E-state index is -5.08. The molecule has 3 aromatic carbocycles. The van der Waals surface area contributed by atoms with E-state index in [1.165, 1.54) is 22.0 Å². The summed E-state index contributed by atoms with van der Waals surface area (Å²) in [7, 11) is -6.81. The first-order valence-electron chi connectivity index (χ1n) is 13.4. The van der Waals surface area contributed by atoms with Gasteiger partial charge in [-0.05, 0) is 54.8 Å². The van der Waals surface area contributed by atoms with Gasteiger partial charge in [0, 0.05) is 0 Å². The lowest BCUT2D eigenvalue weighted by molar-refractivity contribution is -0.120. The Kier molecular flexibility index (Phi) is 9.64. The summed E-state index contributed by atoms with van der Waals surface area (Å²) in [6.45, 7) is 5.79. The molecule has 3 aromatic rings. The molecule has 2 heterocycles. The Morgan fingerprint density at radius 3 is 1.76 bits per heavy atom.